The molecular weight excluding hydrogens is 282 g/mol. The van der Waals surface area contributed by atoms with E-state index in [1.165, 1.54) is 0 Å². The second-order valence-electron chi connectivity index (χ2n) is 3.72. The zero-order valence-corrected chi connectivity index (χ0v) is 10.9. The van der Waals surface area contributed by atoms with Crippen LogP contribution in [0.4, 0.5) is 5.69 Å². The van der Waals surface area contributed by atoms with Crippen molar-refractivity contribution in [1.29, 1.82) is 0 Å². The average Bonchev–Trinajstić information content (AvgIpc) is 2.76. The first-order valence-electron chi connectivity index (χ1n) is 5.18. The summed E-state index contributed by atoms with van der Waals surface area (Å²) in [6.07, 6.45) is 3.41. The van der Waals surface area contributed by atoms with Crippen LogP contribution in [0.25, 0.3) is 0 Å². The third-order valence-electron chi connectivity index (χ3n) is 2.31. The first-order chi connectivity index (χ1) is 8.15. The van der Waals surface area contributed by atoms with E-state index in [1.54, 1.807) is 23.1 Å². The van der Waals surface area contributed by atoms with Gasteiger partial charge in [-0.2, -0.15) is 5.10 Å². The van der Waals surface area contributed by atoms with Crippen LogP contribution < -0.4 is 5.32 Å². The Kier molecular flexibility index (Phi) is 3.58. The summed E-state index contributed by atoms with van der Waals surface area (Å²) in [5.41, 5.74) is 1.88. The molecule has 1 amide bonds. The van der Waals surface area contributed by atoms with Crippen molar-refractivity contribution in [1.82, 2.24) is 9.78 Å². The Balaban J connectivity index is 2.00. The van der Waals surface area contributed by atoms with Crippen molar-refractivity contribution in [2.24, 2.45) is 0 Å². The molecule has 0 unspecified atom stereocenters. The standard InChI is InChI=1S/C12H12BrN3O/c1-9-7-10(3-4-11(9)13)15-12(17)8-16-6-2-5-14-16/h2-7H,8H2,1H3,(H,15,17). The maximum Gasteiger partial charge on any atom is 0.246 e. The fourth-order valence-electron chi connectivity index (χ4n) is 1.46. The number of hydrogen-bond acceptors (Lipinski definition) is 2. The van der Waals surface area contributed by atoms with Crippen molar-refractivity contribution in [2.45, 2.75) is 13.5 Å². The molecule has 0 aliphatic rings. The molecule has 0 aliphatic carbocycles. The van der Waals surface area contributed by atoms with Crippen LogP contribution in [0.1, 0.15) is 5.56 Å². The summed E-state index contributed by atoms with van der Waals surface area (Å²) in [5, 5.41) is 6.81. The number of carbonyl (C=O) groups excluding carboxylic acids is 1. The number of amides is 1. The highest BCUT2D eigenvalue weighted by atomic mass is 79.9. The van der Waals surface area contributed by atoms with Crippen molar-refractivity contribution in [3.05, 3.63) is 46.7 Å². The van der Waals surface area contributed by atoms with Gasteiger partial charge in [0.2, 0.25) is 5.91 Å². The van der Waals surface area contributed by atoms with Crippen molar-refractivity contribution >= 4 is 27.5 Å². The molecule has 5 heteroatoms. The molecule has 0 saturated heterocycles. The Morgan fingerprint density at radius 1 is 1.53 bits per heavy atom. The maximum absolute atomic E-state index is 11.7. The number of carbonyl (C=O) groups is 1. The van der Waals surface area contributed by atoms with Gasteiger partial charge in [0, 0.05) is 22.6 Å². The van der Waals surface area contributed by atoms with Crippen LogP contribution in [0, 0.1) is 6.92 Å². The van der Waals surface area contributed by atoms with E-state index in [0.717, 1.165) is 15.7 Å². The van der Waals surface area contributed by atoms with Gasteiger partial charge in [0.05, 0.1) is 0 Å². The number of rotatable bonds is 3. The van der Waals surface area contributed by atoms with Gasteiger partial charge in [-0.25, -0.2) is 0 Å². The van der Waals surface area contributed by atoms with Crippen molar-refractivity contribution in [3.8, 4) is 0 Å². The van der Waals surface area contributed by atoms with E-state index in [9.17, 15) is 4.79 Å². The summed E-state index contributed by atoms with van der Waals surface area (Å²) < 4.78 is 2.61. The molecule has 88 valence electrons. The number of aromatic nitrogens is 2. The molecule has 1 aromatic heterocycles. The highest BCUT2D eigenvalue weighted by molar-refractivity contribution is 9.10. The van der Waals surface area contributed by atoms with Gasteiger partial charge < -0.3 is 5.32 Å². The van der Waals surface area contributed by atoms with E-state index in [1.807, 2.05) is 25.1 Å². The Labute approximate surface area is 108 Å². The van der Waals surface area contributed by atoms with Gasteiger partial charge in [0.15, 0.2) is 0 Å². The quantitative estimate of drug-likeness (QED) is 0.945. The number of nitrogens with zero attached hydrogens (tertiary/aromatic N) is 2. The van der Waals surface area contributed by atoms with Gasteiger partial charge in [-0.3, -0.25) is 9.48 Å². The van der Waals surface area contributed by atoms with Gasteiger partial charge in [-0.1, -0.05) is 15.9 Å². The van der Waals surface area contributed by atoms with E-state index < -0.39 is 0 Å². The summed E-state index contributed by atoms with van der Waals surface area (Å²) in [4.78, 5) is 11.7. The molecule has 1 heterocycles. The minimum Gasteiger partial charge on any atom is -0.324 e. The van der Waals surface area contributed by atoms with Crippen molar-refractivity contribution in [3.63, 3.8) is 0 Å². The van der Waals surface area contributed by atoms with Crippen LogP contribution in [0.5, 0.6) is 0 Å². The maximum atomic E-state index is 11.7. The zero-order valence-electron chi connectivity index (χ0n) is 9.35. The van der Waals surface area contributed by atoms with E-state index in [2.05, 4.69) is 26.3 Å². The molecule has 1 N–H and O–H groups in total. The largest absolute Gasteiger partial charge is 0.324 e. The monoisotopic (exact) mass is 293 g/mol. The summed E-state index contributed by atoms with van der Waals surface area (Å²) in [6, 6.07) is 7.49. The van der Waals surface area contributed by atoms with E-state index >= 15 is 0 Å². The molecule has 0 radical (unpaired) electrons. The molecule has 4 nitrogen and oxygen atoms in total. The molecule has 0 aliphatic heterocycles. The lowest BCUT2D eigenvalue weighted by atomic mass is 10.2. The number of aryl methyl sites for hydroxylation is 1. The van der Waals surface area contributed by atoms with Gasteiger partial charge in [-0.15, -0.1) is 0 Å². The number of halogens is 1. The Hall–Kier alpha value is -1.62. The molecule has 0 spiro atoms. The van der Waals surface area contributed by atoms with E-state index in [4.69, 9.17) is 0 Å². The molecule has 2 aromatic rings. The molecular formula is C12H12BrN3O. The Morgan fingerprint density at radius 3 is 3.00 bits per heavy atom. The minimum atomic E-state index is -0.0876. The fourth-order valence-corrected chi connectivity index (χ4v) is 1.71. The van der Waals surface area contributed by atoms with E-state index in [0.29, 0.717) is 0 Å². The van der Waals surface area contributed by atoms with Crippen molar-refractivity contribution in [2.75, 3.05) is 5.32 Å². The second kappa shape index (κ2) is 5.14. The summed E-state index contributed by atoms with van der Waals surface area (Å²) >= 11 is 3.42. The van der Waals surface area contributed by atoms with Crippen LogP contribution in [-0.4, -0.2) is 15.7 Å². The zero-order chi connectivity index (χ0) is 12.3. The third kappa shape index (κ3) is 3.17. The fraction of sp³-hybridized carbons (Fsp3) is 0.167. The van der Waals surface area contributed by atoms with E-state index in [-0.39, 0.29) is 12.5 Å². The lowest BCUT2D eigenvalue weighted by Crippen LogP contribution is -2.18. The third-order valence-corrected chi connectivity index (χ3v) is 3.20. The molecule has 1 aromatic carbocycles. The topological polar surface area (TPSA) is 46.9 Å². The Morgan fingerprint density at radius 2 is 2.35 bits per heavy atom. The molecule has 2 rings (SSSR count). The number of nitrogens with one attached hydrogen (secondary N) is 1. The molecule has 0 fully saturated rings. The lowest BCUT2D eigenvalue weighted by Gasteiger charge is -2.07. The highest BCUT2D eigenvalue weighted by Crippen LogP contribution is 2.19. The van der Waals surface area contributed by atoms with Crippen LogP contribution in [0.3, 0.4) is 0 Å². The van der Waals surface area contributed by atoms with Crippen molar-refractivity contribution < 1.29 is 4.79 Å². The molecule has 0 atom stereocenters. The van der Waals surface area contributed by atoms with Crippen LogP contribution in [-0.2, 0) is 11.3 Å². The molecule has 0 bridgehead atoms. The van der Waals surface area contributed by atoms with Gasteiger partial charge in [0.1, 0.15) is 6.54 Å². The average molecular weight is 294 g/mol. The van der Waals surface area contributed by atoms with Crippen LogP contribution in [0.15, 0.2) is 41.1 Å². The van der Waals surface area contributed by atoms with Crippen LogP contribution >= 0.6 is 15.9 Å². The smallest absolute Gasteiger partial charge is 0.246 e. The SMILES string of the molecule is Cc1cc(NC(=O)Cn2cccn2)ccc1Br. The first kappa shape index (κ1) is 11.9. The normalized spacial score (nSPS) is 10.2. The Bertz CT molecular complexity index is 523. The summed E-state index contributed by atoms with van der Waals surface area (Å²) in [7, 11) is 0. The summed E-state index contributed by atoms with van der Waals surface area (Å²) in [6.45, 7) is 2.20. The second-order valence-corrected chi connectivity index (χ2v) is 4.57. The first-order valence-corrected chi connectivity index (χ1v) is 5.98. The number of benzene rings is 1. The summed E-state index contributed by atoms with van der Waals surface area (Å²) in [5.74, 6) is -0.0876. The highest BCUT2D eigenvalue weighted by Gasteiger charge is 2.04. The predicted octanol–water partition coefficient (Wildman–Crippen LogP) is 2.59. The minimum absolute atomic E-state index is 0.0876. The van der Waals surface area contributed by atoms with Crippen LogP contribution in [0.2, 0.25) is 0 Å². The molecule has 17 heavy (non-hydrogen) atoms. The van der Waals surface area contributed by atoms with Gasteiger partial charge in [-0.05, 0) is 36.8 Å². The number of hydrogen-bond donors (Lipinski definition) is 1. The molecule has 0 saturated carbocycles. The van der Waals surface area contributed by atoms with Gasteiger partial charge >= 0.3 is 0 Å². The number of anilines is 1. The van der Waals surface area contributed by atoms with Gasteiger partial charge in [0.25, 0.3) is 0 Å². The lowest BCUT2D eigenvalue weighted by molar-refractivity contribution is -0.116. The predicted molar refractivity (Wildman–Crippen MR) is 69.7 cm³/mol.